The molecule has 2 rings (SSSR count). The maximum absolute atomic E-state index is 4.24. The molecule has 15 heavy (non-hydrogen) atoms. The zero-order chi connectivity index (χ0) is 10.5. The first-order valence-corrected chi connectivity index (χ1v) is 5.96. The number of hydrogen-bond donors (Lipinski definition) is 1. The average Bonchev–Trinajstić information content (AvgIpc) is 2.80. The van der Waals surface area contributed by atoms with E-state index in [1.165, 1.54) is 5.56 Å². The lowest BCUT2D eigenvalue weighted by atomic mass is 10.1. The molecule has 78 valence electrons. The number of benzene rings is 1. The highest BCUT2D eigenvalue weighted by Gasteiger charge is 2.03. The monoisotopic (exact) mass is 218 g/mol. The normalized spacial score (nSPS) is 12.6. The summed E-state index contributed by atoms with van der Waals surface area (Å²) in [6.45, 7) is 3.00. The van der Waals surface area contributed by atoms with Crippen LogP contribution in [0.25, 0.3) is 0 Å². The highest BCUT2D eigenvalue weighted by Crippen LogP contribution is 2.12. The quantitative estimate of drug-likeness (QED) is 0.853. The van der Waals surface area contributed by atoms with E-state index in [9.17, 15) is 0 Å². The van der Waals surface area contributed by atoms with Gasteiger partial charge in [-0.15, -0.1) is 11.3 Å². The predicted octanol–water partition coefficient (Wildman–Crippen LogP) is 2.99. The van der Waals surface area contributed by atoms with Gasteiger partial charge < -0.3 is 5.32 Å². The van der Waals surface area contributed by atoms with Crippen LogP contribution in [0.1, 0.15) is 24.2 Å². The molecule has 3 heteroatoms. The second kappa shape index (κ2) is 5.05. The van der Waals surface area contributed by atoms with Gasteiger partial charge in [-0.3, -0.25) is 0 Å². The Morgan fingerprint density at radius 3 is 2.80 bits per heavy atom. The summed E-state index contributed by atoms with van der Waals surface area (Å²) in [5, 5.41) is 5.52. The summed E-state index contributed by atoms with van der Waals surface area (Å²) < 4.78 is 0. The van der Waals surface area contributed by atoms with Crippen molar-refractivity contribution in [2.75, 3.05) is 0 Å². The number of thiazole rings is 1. The fourth-order valence-electron chi connectivity index (χ4n) is 1.44. The van der Waals surface area contributed by atoms with Crippen molar-refractivity contribution in [1.82, 2.24) is 10.3 Å². The van der Waals surface area contributed by atoms with Crippen molar-refractivity contribution in [3.8, 4) is 0 Å². The topological polar surface area (TPSA) is 24.9 Å². The van der Waals surface area contributed by atoms with Crippen LogP contribution in [-0.2, 0) is 6.54 Å². The molecule has 0 saturated carbocycles. The summed E-state index contributed by atoms with van der Waals surface area (Å²) in [5.74, 6) is 0. The standard InChI is InChI=1S/C12H14N2S/c1-10(11-5-3-2-4-6-11)13-7-12-8-15-9-14-12/h2-6,8-10,13H,7H2,1H3/t10-/m0/s1. The summed E-state index contributed by atoms with van der Waals surface area (Å²) in [6, 6.07) is 10.8. The molecule has 0 aliphatic heterocycles. The number of nitrogens with zero attached hydrogens (tertiary/aromatic N) is 1. The Morgan fingerprint density at radius 1 is 1.33 bits per heavy atom. The number of aromatic nitrogens is 1. The minimum atomic E-state index is 0.368. The van der Waals surface area contributed by atoms with Crippen molar-refractivity contribution in [3.63, 3.8) is 0 Å². The van der Waals surface area contributed by atoms with Crippen molar-refractivity contribution in [2.24, 2.45) is 0 Å². The van der Waals surface area contributed by atoms with Crippen LogP contribution in [0.2, 0.25) is 0 Å². The van der Waals surface area contributed by atoms with E-state index in [0.717, 1.165) is 12.2 Å². The van der Waals surface area contributed by atoms with E-state index >= 15 is 0 Å². The Labute approximate surface area is 94.0 Å². The van der Waals surface area contributed by atoms with Crippen molar-refractivity contribution in [1.29, 1.82) is 0 Å². The SMILES string of the molecule is C[C@H](NCc1cscn1)c1ccccc1. The highest BCUT2D eigenvalue weighted by molar-refractivity contribution is 7.07. The van der Waals surface area contributed by atoms with Crippen LogP contribution in [0.5, 0.6) is 0 Å². The van der Waals surface area contributed by atoms with Crippen LogP contribution in [0.3, 0.4) is 0 Å². The maximum Gasteiger partial charge on any atom is 0.0795 e. The molecule has 2 aromatic rings. The third-order valence-electron chi connectivity index (χ3n) is 2.37. The molecular formula is C12H14N2S. The van der Waals surface area contributed by atoms with Gasteiger partial charge in [-0.05, 0) is 12.5 Å². The van der Waals surface area contributed by atoms with E-state index in [2.05, 4.69) is 46.9 Å². The maximum atomic E-state index is 4.24. The van der Waals surface area contributed by atoms with Gasteiger partial charge in [0.2, 0.25) is 0 Å². The predicted molar refractivity (Wildman–Crippen MR) is 63.8 cm³/mol. The third kappa shape index (κ3) is 2.88. The molecule has 0 spiro atoms. The van der Waals surface area contributed by atoms with Crippen LogP contribution in [0.15, 0.2) is 41.2 Å². The fraction of sp³-hybridized carbons (Fsp3) is 0.250. The fourth-order valence-corrected chi connectivity index (χ4v) is 2.00. The Morgan fingerprint density at radius 2 is 2.13 bits per heavy atom. The van der Waals surface area contributed by atoms with Gasteiger partial charge >= 0.3 is 0 Å². The van der Waals surface area contributed by atoms with Crippen molar-refractivity contribution in [3.05, 3.63) is 52.5 Å². The zero-order valence-corrected chi connectivity index (χ0v) is 9.50. The largest absolute Gasteiger partial charge is 0.305 e. The molecular weight excluding hydrogens is 204 g/mol. The lowest BCUT2D eigenvalue weighted by Gasteiger charge is -2.12. The molecule has 0 unspecified atom stereocenters. The molecule has 0 bridgehead atoms. The van der Waals surface area contributed by atoms with Gasteiger partial charge in [0.05, 0.1) is 11.2 Å². The first-order chi connectivity index (χ1) is 7.36. The van der Waals surface area contributed by atoms with Gasteiger partial charge in [0.1, 0.15) is 0 Å². The van der Waals surface area contributed by atoms with Gasteiger partial charge in [0.15, 0.2) is 0 Å². The lowest BCUT2D eigenvalue weighted by Crippen LogP contribution is -2.18. The molecule has 1 atom stereocenters. The molecule has 2 nitrogen and oxygen atoms in total. The molecule has 0 fully saturated rings. The Hall–Kier alpha value is -1.19. The van der Waals surface area contributed by atoms with Crippen LogP contribution in [0.4, 0.5) is 0 Å². The molecule has 0 saturated heterocycles. The second-order valence-corrected chi connectivity index (χ2v) is 4.21. The summed E-state index contributed by atoms with van der Waals surface area (Å²) >= 11 is 1.64. The lowest BCUT2D eigenvalue weighted by molar-refractivity contribution is 0.569. The van der Waals surface area contributed by atoms with Gasteiger partial charge in [-0.2, -0.15) is 0 Å². The van der Waals surface area contributed by atoms with E-state index in [-0.39, 0.29) is 0 Å². The molecule has 0 radical (unpaired) electrons. The summed E-state index contributed by atoms with van der Waals surface area (Å²) in [7, 11) is 0. The number of nitrogens with one attached hydrogen (secondary N) is 1. The van der Waals surface area contributed by atoms with E-state index in [1.807, 2.05) is 11.6 Å². The number of rotatable bonds is 4. The summed E-state index contributed by atoms with van der Waals surface area (Å²) in [5.41, 5.74) is 4.29. The van der Waals surface area contributed by atoms with Crippen molar-refractivity contribution < 1.29 is 0 Å². The molecule has 0 amide bonds. The van der Waals surface area contributed by atoms with E-state index < -0.39 is 0 Å². The first kappa shape index (κ1) is 10.3. The van der Waals surface area contributed by atoms with Gasteiger partial charge in [-0.1, -0.05) is 30.3 Å². The van der Waals surface area contributed by atoms with Crippen molar-refractivity contribution in [2.45, 2.75) is 19.5 Å². The molecule has 0 aliphatic carbocycles. The Balaban J connectivity index is 1.90. The van der Waals surface area contributed by atoms with E-state index in [4.69, 9.17) is 0 Å². The van der Waals surface area contributed by atoms with Crippen LogP contribution in [0, 0.1) is 0 Å². The average molecular weight is 218 g/mol. The Bertz CT molecular complexity index is 383. The third-order valence-corrected chi connectivity index (χ3v) is 3.01. The molecule has 1 N–H and O–H groups in total. The summed E-state index contributed by atoms with van der Waals surface area (Å²) in [6.07, 6.45) is 0. The molecule has 1 aromatic carbocycles. The van der Waals surface area contributed by atoms with Crippen LogP contribution >= 0.6 is 11.3 Å². The Kier molecular flexibility index (Phi) is 3.48. The van der Waals surface area contributed by atoms with Crippen LogP contribution in [-0.4, -0.2) is 4.98 Å². The van der Waals surface area contributed by atoms with Gasteiger partial charge in [-0.25, -0.2) is 4.98 Å². The smallest absolute Gasteiger partial charge is 0.0795 e. The zero-order valence-electron chi connectivity index (χ0n) is 8.68. The minimum absolute atomic E-state index is 0.368. The highest BCUT2D eigenvalue weighted by atomic mass is 32.1. The first-order valence-electron chi connectivity index (χ1n) is 5.01. The van der Waals surface area contributed by atoms with Gasteiger partial charge in [0.25, 0.3) is 0 Å². The molecule has 1 heterocycles. The van der Waals surface area contributed by atoms with E-state index in [0.29, 0.717) is 6.04 Å². The van der Waals surface area contributed by atoms with Gasteiger partial charge in [0, 0.05) is 18.0 Å². The van der Waals surface area contributed by atoms with Crippen molar-refractivity contribution >= 4 is 11.3 Å². The van der Waals surface area contributed by atoms with E-state index in [1.54, 1.807) is 11.3 Å². The minimum Gasteiger partial charge on any atom is -0.305 e. The second-order valence-electron chi connectivity index (χ2n) is 3.49. The van der Waals surface area contributed by atoms with Crippen LogP contribution < -0.4 is 5.32 Å². The molecule has 0 aliphatic rings. The molecule has 1 aromatic heterocycles. The number of hydrogen-bond acceptors (Lipinski definition) is 3. The summed E-state index contributed by atoms with van der Waals surface area (Å²) in [4.78, 5) is 4.24.